The lowest BCUT2D eigenvalue weighted by Gasteiger charge is -2.09. The molecule has 1 aliphatic rings. The highest BCUT2D eigenvalue weighted by molar-refractivity contribution is 9.10. The summed E-state index contributed by atoms with van der Waals surface area (Å²) in [6, 6.07) is 5.05. The van der Waals surface area contributed by atoms with Gasteiger partial charge in [-0.05, 0) is 43.4 Å². The topological polar surface area (TPSA) is 63.2 Å². The van der Waals surface area contributed by atoms with Crippen molar-refractivity contribution < 1.29 is 13.2 Å². The average molecular weight is 395 g/mol. The molecule has 1 N–H and O–H groups in total. The first kappa shape index (κ1) is 16.8. The Morgan fingerprint density at radius 1 is 1.38 bits per heavy atom. The van der Waals surface area contributed by atoms with Gasteiger partial charge in [-0.15, -0.1) is 0 Å². The third-order valence-corrected chi connectivity index (χ3v) is 6.04. The molecule has 4 nitrogen and oxygen atoms in total. The Morgan fingerprint density at radius 2 is 2.14 bits per heavy atom. The van der Waals surface area contributed by atoms with E-state index in [9.17, 15) is 13.2 Å². The van der Waals surface area contributed by atoms with Gasteiger partial charge in [-0.1, -0.05) is 27.5 Å². The molecule has 0 spiro atoms. The lowest BCUT2D eigenvalue weighted by molar-refractivity contribution is 0.0952. The molecule has 1 atom stereocenters. The molecule has 1 aliphatic heterocycles. The van der Waals surface area contributed by atoms with Crippen LogP contribution in [0.15, 0.2) is 22.7 Å². The van der Waals surface area contributed by atoms with E-state index >= 15 is 0 Å². The van der Waals surface area contributed by atoms with Crippen molar-refractivity contribution >= 4 is 43.3 Å². The molecule has 1 unspecified atom stereocenters. The van der Waals surface area contributed by atoms with E-state index in [0.29, 0.717) is 28.6 Å². The molecule has 1 amide bonds. The third kappa shape index (κ3) is 5.27. The van der Waals surface area contributed by atoms with E-state index < -0.39 is 9.84 Å². The second kappa shape index (κ2) is 7.11. The van der Waals surface area contributed by atoms with Crippen molar-refractivity contribution in [1.29, 1.82) is 0 Å². The van der Waals surface area contributed by atoms with Gasteiger partial charge in [0.05, 0.1) is 11.5 Å². The van der Waals surface area contributed by atoms with Gasteiger partial charge in [0.1, 0.15) is 0 Å². The summed E-state index contributed by atoms with van der Waals surface area (Å²) in [6.45, 7) is 0.541. The zero-order valence-corrected chi connectivity index (χ0v) is 14.6. The van der Waals surface area contributed by atoms with E-state index in [4.69, 9.17) is 11.6 Å². The van der Waals surface area contributed by atoms with Crippen LogP contribution in [0.1, 0.15) is 29.6 Å². The van der Waals surface area contributed by atoms with Crippen LogP contribution >= 0.6 is 27.5 Å². The molecule has 1 heterocycles. The number of benzene rings is 1. The van der Waals surface area contributed by atoms with Crippen molar-refractivity contribution in [2.45, 2.75) is 19.3 Å². The Morgan fingerprint density at radius 3 is 2.76 bits per heavy atom. The summed E-state index contributed by atoms with van der Waals surface area (Å²) in [6.07, 6.45) is 2.37. The fourth-order valence-electron chi connectivity index (χ4n) is 2.48. The van der Waals surface area contributed by atoms with Crippen LogP contribution in [0.5, 0.6) is 0 Å². The normalized spacial score (nSPS) is 20.4. The lowest BCUT2D eigenvalue weighted by Crippen LogP contribution is -2.25. The molecule has 116 valence electrons. The number of halogens is 2. The molecule has 0 aliphatic carbocycles. The van der Waals surface area contributed by atoms with Gasteiger partial charge in [-0.2, -0.15) is 0 Å². The van der Waals surface area contributed by atoms with Gasteiger partial charge in [0, 0.05) is 21.6 Å². The molecule has 1 saturated heterocycles. The van der Waals surface area contributed by atoms with E-state index in [2.05, 4.69) is 21.2 Å². The molecule has 0 saturated carbocycles. The Hall–Kier alpha value is -0.590. The first-order chi connectivity index (χ1) is 9.85. The molecule has 7 heteroatoms. The smallest absolute Gasteiger partial charge is 0.251 e. The van der Waals surface area contributed by atoms with Gasteiger partial charge in [-0.25, -0.2) is 8.42 Å². The van der Waals surface area contributed by atoms with Crippen LogP contribution in [-0.4, -0.2) is 32.4 Å². The minimum Gasteiger partial charge on any atom is -0.352 e. The Balaban J connectivity index is 1.75. The molecule has 0 radical (unpaired) electrons. The van der Waals surface area contributed by atoms with Gasteiger partial charge < -0.3 is 5.32 Å². The quantitative estimate of drug-likeness (QED) is 0.781. The van der Waals surface area contributed by atoms with Crippen LogP contribution in [0.3, 0.4) is 0 Å². The largest absolute Gasteiger partial charge is 0.352 e. The van der Waals surface area contributed by atoms with E-state index in [1.165, 1.54) is 0 Å². The van der Waals surface area contributed by atoms with E-state index in [1.54, 1.807) is 18.2 Å². The molecular weight excluding hydrogens is 378 g/mol. The van der Waals surface area contributed by atoms with Crippen LogP contribution in [0, 0.1) is 5.92 Å². The Kier molecular flexibility index (Phi) is 5.68. The Labute approximate surface area is 138 Å². The molecular formula is C14H17BrClNO3S. The predicted molar refractivity (Wildman–Crippen MR) is 87.5 cm³/mol. The number of carbonyl (C=O) groups excluding carboxylic acids is 1. The highest BCUT2D eigenvalue weighted by Crippen LogP contribution is 2.22. The molecule has 0 aromatic heterocycles. The monoisotopic (exact) mass is 393 g/mol. The summed E-state index contributed by atoms with van der Waals surface area (Å²) in [5, 5.41) is 3.34. The third-order valence-electron chi connectivity index (χ3n) is 3.53. The SMILES string of the molecule is O=C(NCCCC1CCS(=O)(=O)C1)c1cc(Cl)cc(Br)c1. The maximum atomic E-state index is 12.0. The van der Waals surface area contributed by atoms with Crippen LogP contribution in [0.4, 0.5) is 0 Å². The number of rotatable bonds is 5. The van der Waals surface area contributed by atoms with E-state index in [0.717, 1.165) is 23.7 Å². The van der Waals surface area contributed by atoms with Crippen LogP contribution in [0.2, 0.25) is 5.02 Å². The first-order valence-electron chi connectivity index (χ1n) is 6.80. The molecule has 1 aromatic rings. The number of amides is 1. The molecule has 2 rings (SSSR count). The Bertz CT molecular complexity index is 613. The van der Waals surface area contributed by atoms with E-state index in [-0.39, 0.29) is 11.8 Å². The van der Waals surface area contributed by atoms with Crippen molar-refractivity contribution in [1.82, 2.24) is 5.32 Å². The van der Waals surface area contributed by atoms with Crippen molar-refractivity contribution in [2.75, 3.05) is 18.1 Å². The minimum atomic E-state index is -2.81. The van der Waals surface area contributed by atoms with E-state index in [1.807, 2.05) is 0 Å². The number of hydrogen-bond donors (Lipinski definition) is 1. The minimum absolute atomic E-state index is 0.169. The summed E-state index contributed by atoms with van der Waals surface area (Å²) in [7, 11) is -2.81. The van der Waals surface area contributed by atoms with Gasteiger partial charge in [0.2, 0.25) is 0 Å². The van der Waals surface area contributed by atoms with Gasteiger partial charge >= 0.3 is 0 Å². The second-order valence-corrected chi connectivity index (χ2v) is 8.91. The van der Waals surface area contributed by atoms with Crippen LogP contribution < -0.4 is 5.32 Å². The average Bonchev–Trinajstić information content (AvgIpc) is 2.73. The first-order valence-corrected chi connectivity index (χ1v) is 9.80. The fraction of sp³-hybridized carbons (Fsp3) is 0.500. The number of nitrogens with one attached hydrogen (secondary N) is 1. The molecule has 1 aromatic carbocycles. The van der Waals surface area contributed by atoms with Gasteiger partial charge in [0.25, 0.3) is 5.91 Å². The van der Waals surface area contributed by atoms with Crippen LogP contribution in [-0.2, 0) is 9.84 Å². The number of sulfone groups is 1. The zero-order valence-electron chi connectivity index (χ0n) is 11.4. The van der Waals surface area contributed by atoms with Crippen molar-refractivity contribution in [3.8, 4) is 0 Å². The molecule has 1 fully saturated rings. The maximum absolute atomic E-state index is 12.0. The van der Waals surface area contributed by atoms with Crippen molar-refractivity contribution in [2.24, 2.45) is 5.92 Å². The summed E-state index contributed by atoms with van der Waals surface area (Å²) < 4.78 is 23.4. The summed E-state index contributed by atoms with van der Waals surface area (Å²) >= 11 is 9.20. The molecule has 21 heavy (non-hydrogen) atoms. The number of carbonyl (C=O) groups is 1. The van der Waals surface area contributed by atoms with Gasteiger partial charge in [-0.3, -0.25) is 4.79 Å². The number of hydrogen-bond acceptors (Lipinski definition) is 3. The second-order valence-electron chi connectivity index (χ2n) is 5.33. The maximum Gasteiger partial charge on any atom is 0.251 e. The van der Waals surface area contributed by atoms with Crippen molar-refractivity contribution in [3.05, 3.63) is 33.3 Å². The van der Waals surface area contributed by atoms with Crippen molar-refractivity contribution in [3.63, 3.8) is 0 Å². The van der Waals surface area contributed by atoms with Crippen LogP contribution in [0.25, 0.3) is 0 Å². The van der Waals surface area contributed by atoms with Gasteiger partial charge in [0.15, 0.2) is 9.84 Å². The zero-order chi connectivity index (χ0) is 15.5. The summed E-state index contributed by atoms with van der Waals surface area (Å²) in [5.74, 6) is 0.674. The highest BCUT2D eigenvalue weighted by atomic mass is 79.9. The lowest BCUT2D eigenvalue weighted by atomic mass is 10.0. The standard InChI is InChI=1S/C14H17BrClNO3S/c15-12-6-11(7-13(16)8-12)14(18)17-4-1-2-10-3-5-21(19,20)9-10/h6-8,10H,1-5,9H2,(H,17,18). The summed E-state index contributed by atoms with van der Waals surface area (Å²) in [4.78, 5) is 12.0. The molecule has 0 bridgehead atoms. The summed E-state index contributed by atoms with van der Waals surface area (Å²) in [5.41, 5.74) is 0.512. The highest BCUT2D eigenvalue weighted by Gasteiger charge is 2.27. The predicted octanol–water partition coefficient (Wildman–Crippen LogP) is 3.05. The fourth-order valence-corrected chi connectivity index (χ4v) is 5.25.